The third-order valence-corrected chi connectivity index (χ3v) is 12.2. The second-order valence-corrected chi connectivity index (χ2v) is 16.0. The summed E-state index contributed by atoms with van der Waals surface area (Å²) in [5.41, 5.74) is 13.2. The first-order valence-electron chi connectivity index (χ1n) is 21.1. The smallest absolute Gasteiger partial charge is 0.160 e. The maximum absolute atomic E-state index is 5.42. The van der Waals surface area contributed by atoms with Gasteiger partial charge in [0, 0.05) is 22.9 Å². The monoisotopic (exact) mass is 789 g/mol. The van der Waals surface area contributed by atoms with Gasteiger partial charge in [-0.3, -0.25) is 4.98 Å². The maximum Gasteiger partial charge on any atom is 0.160 e. The van der Waals surface area contributed by atoms with Crippen molar-refractivity contribution >= 4 is 55.0 Å². The predicted molar refractivity (Wildman–Crippen MR) is 258 cm³/mol. The van der Waals surface area contributed by atoms with E-state index in [1.807, 2.05) is 36.5 Å². The highest BCUT2D eigenvalue weighted by atomic mass is 14.9. The van der Waals surface area contributed by atoms with Gasteiger partial charge < -0.3 is 5.32 Å². The van der Waals surface area contributed by atoms with Crippen molar-refractivity contribution in [2.45, 2.75) is 6.04 Å². The Hall–Kier alpha value is -8.21. The third-order valence-electron chi connectivity index (χ3n) is 12.2. The topological polar surface area (TPSA) is 52.8 Å². The molecule has 4 heteroatoms. The normalized spacial score (nSPS) is 13.4. The minimum absolute atomic E-state index is 0.237. The van der Waals surface area contributed by atoms with Crippen LogP contribution in [0.5, 0.6) is 0 Å². The number of rotatable bonds is 6. The molecule has 290 valence electrons. The molecule has 0 fully saturated rings. The summed E-state index contributed by atoms with van der Waals surface area (Å²) in [5.74, 6) is 0.676. The van der Waals surface area contributed by atoms with Gasteiger partial charge >= 0.3 is 0 Å². The molecule has 0 aliphatic carbocycles. The Labute approximate surface area is 359 Å². The van der Waals surface area contributed by atoms with E-state index in [1.165, 1.54) is 37.9 Å². The van der Waals surface area contributed by atoms with E-state index >= 15 is 0 Å². The van der Waals surface area contributed by atoms with E-state index in [4.69, 9.17) is 20.3 Å². The second kappa shape index (κ2) is 14.8. The first-order chi connectivity index (χ1) is 30.7. The predicted octanol–water partition coefficient (Wildman–Crippen LogP) is 15.6. The zero-order valence-electron chi connectivity index (χ0n) is 33.7. The highest BCUT2D eigenvalue weighted by Gasteiger charge is 2.17. The first-order valence-corrected chi connectivity index (χ1v) is 21.1. The van der Waals surface area contributed by atoms with E-state index < -0.39 is 0 Å². The lowest BCUT2D eigenvalue weighted by Gasteiger charge is -2.37. The molecule has 11 aromatic rings. The van der Waals surface area contributed by atoms with Gasteiger partial charge in [-0.25, -0.2) is 9.97 Å². The molecule has 1 atom stereocenters. The molecule has 9 aromatic carbocycles. The summed E-state index contributed by atoms with van der Waals surface area (Å²) < 4.78 is 0. The molecule has 1 aliphatic heterocycles. The van der Waals surface area contributed by atoms with E-state index in [-0.39, 0.29) is 6.04 Å². The van der Waals surface area contributed by atoms with Crippen molar-refractivity contribution in [3.8, 4) is 56.2 Å². The summed E-state index contributed by atoms with van der Waals surface area (Å²) in [6, 6.07) is 70.9. The van der Waals surface area contributed by atoms with E-state index in [0.29, 0.717) is 5.82 Å². The summed E-state index contributed by atoms with van der Waals surface area (Å²) in [6.45, 7) is 0. The summed E-state index contributed by atoms with van der Waals surface area (Å²) >= 11 is 0. The summed E-state index contributed by atoms with van der Waals surface area (Å²) in [7, 11) is 0. The summed E-state index contributed by atoms with van der Waals surface area (Å²) in [4.78, 5) is 15.3. The molecule has 0 saturated carbocycles. The molecule has 0 bridgehead atoms. The molecule has 4 nitrogen and oxygen atoms in total. The van der Waals surface area contributed by atoms with Crippen LogP contribution in [0.15, 0.2) is 212 Å². The number of hydrogen-bond donors (Lipinski definition) is 0. The summed E-state index contributed by atoms with van der Waals surface area (Å²) in [6.07, 6.45) is 6.24. The van der Waals surface area contributed by atoms with Gasteiger partial charge in [0.15, 0.2) is 5.82 Å². The van der Waals surface area contributed by atoms with Crippen LogP contribution in [0.25, 0.3) is 111 Å². The fourth-order valence-corrected chi connectivity index (χ4v) is 9.13. The van der Waals surface area contributed by atoms with E-state index in [9.17, 15) is 0 Å². The van der Waals surface area contributed by atoms with Gasteiger partial charge in [-0.1, -0.05) is 200 Å². The number of aromatic nitrogens is 3. The third kappa shape index (κ3) is 6.29. The molecule has 1 aliphatic rings. The Balaban J connectivity index is 1.06. The molecule has 1 unspecified atom stereocenters. The van der Waals surface area contributed by atoms with Gasteiger partial charge in [0.2, 0.25) is 0 Å². The molecule has 62 heavy (non-hydrogen) atoms. The Kier molecular flexibility index (Phi) is 8.53. The van der Waals surface area contributed by atoms with Gasteiger partial charge in [0.1, 0.15) is 0 Å². The van der Waals surface area contributed by atoms with Gasteiger partial charge in [-0.2, -0.15) is 0 Å². The van der Waals surface area contributed by atoms with Crippen LogP contribution in [0.2, 0.25) is 0 Å². The van der Waals surface area contributed by atoms with Crippen molar-refractivity contribution in [1.29, 1.82) is 0 Å². The molecular weight excluding hydrogens is 753 g/mol. The summed E-state index contributed by atoms with van der Waals surface area (Å²) in [5, 5.41) is 14.0. The highest BCUT2D eigenvalue weighted by molar-refractivity contribution is 6.25. The van der Waals surface area contributed by atoms with Crippen molar-refractivity contribution in [2.24, 2.45) is 0 Å². The minimum atomic E-state index is -0.237. The average Bonchev–Trinajstić information content (AvgIpc) is 3.36. The molecule has 0 saturated heterocycles. The number of pyridine rings is 1. The number of fused-ring (bicyclic) bond motifs is 9. The van der Waals surface area contributed by atoms with Crippen molar-refractivity contribution in [3.63, 3.8) is 0 Å². The standard InChI is InChI=1S/C58H37N4/c1-3-12-37(13-4-1)38-21-23-39(24-22-38)54-36-55(62-58(61-54)42-14-5-2-6-15-42)46-33-44(32-45(34-46)53-30-28-41-26-25-40-16-11-31-59-56(40)57(41)60-53)43-27-29-51-49-19-8-7-17-47(49)48-18-9-10-20-50(48)52(51)35-43/h1-36,53H/q-1. The Morgan fingerprint density at radius 3 is 1.69 bits per heavy atom. The molecule has 2 aromatic heterocycles. The fourth-order valence-electron chi connectivity index (χ4n) is 9.13. The van der Waals surface area contributed by atoms with E-state index in [0.717, 1.165) is 72.5 Å². The molecule has 0 amide bonds. The molecular formula is C58H37N4-. The van der Waals surface area contributed by atoms with Gasteiger partial charge in [0.05, 0.1) is 16.9 Å². The Bertz CT molecular complexity index is 3500. The van der Waals surface area contributed by atoms with Gasteiger partial charge in [-0.05, 0) is 89.8 Å². The van der Waals surface area contributed by atoms with Crippen LogP contribution < -0.4 is 0 Å². The highest BCUT2D eigenvalue weighted by Crippen LogP contribution is 2.46. The van der Waals surface area contributed by atoms with Crippen LogP contribution >= 0.6 is 0 Å². The average molecular weight is 790 g/mol. The van der Waals surface area contributed by atoms with Crippen molar-refractivity contribution in [1.82, 2.24) is 15.0 Å². The lowest BCUT2D eigenvalue weighted by Crippen LogP contribution is -2.01. The lowest BCUT2D eigenvalue weighted by molar-refractivity contribution is 1.04. The fraction of sp³-hybridized carbons (Fsp3) is 0.0172. The Morgan fingerprint density at radius 1 is 0.387 bits per heavy atom. The zero-order valence-corrected chi connectivity index (χ0v) is 33.7. The van der Waals surface area contributed by atoms with E-state index in [2.05, 4.69) is 182 Å². The number of nitrogens with zero attached hydrogens (tertiary/aromatic N) is 4. The molecule has 0 radical (unpaired) electrons. The van der Waals surface area contributed by atoms with Crippen LogP contribution in [0.4, 0.5) is 5.69 Å². The Morgan fingerprint density at radius 2 is 0.968 bits per heavy atom. The maximum atomic E-state index is 5.42. The zero-order chi connectivity index (χ0) is 41.0. The van der Waals surface area contributed by atoms with Crippen molar-refractivity contribution in [3.05, 3.63) is 229 Å². The van der Waals surface area contributed by atoms with E-state index in [1.54, 1.807) is 0 Å². The molecule has 0 N–H and O–H groups in total. The second-order valence-electron chi connectivity index (χ2n) is 16.0. The van der Waals surface area contributed by atoms with Crippen LogP contribution in [0.1, 0.15) is 17.2 Å². The van der Waals surface area contributed by atoms with Crippen molar-refractivity contribution in [2.75, 3.05) is 0 Å². The lowest BCUT2D eigenvalue weighted by atomic mass is 9.89. The SMILES string of the molecule is C1=CC(c2cc(-c3ccc4c5ccccc5c5ccccc5c4c3)cc(-c3cc(-c4ccc(-c5ccccc5)cc4)nc(-c4ccccc4)n3)c2)[N-]c2c1ccc1cccnc21. The molecule has 12 rings (SSSR count). The minimum Gasteiger partial charge on any atom is -0.673 e. The number of benzene rings is 9. The first kappa shape index (κ1) is 35.7. The van der Waals surface area contributed by atoms with Crippen LogP contribution in [-0.4, -0.2) is 15.0 Å². The molecule has 3 heterocycles. The number of hydrogen-bond acceptors (Lipinski definition) is 3. The quantitative estimate of drug-likeness (QED) is 0.158. The van der Waals surface area contributed by atoms with Gasteiger partial charge in [-0.15, -0.1) is 5.69 Å². The van der Waals surface area contributed by atoms with Gasteiger partial charge in [0.25, 0.3) is 0 Å². The largest absolute Gasteiger partial charge is 0.673 e. The molecule has 0 spiro atoms. The van der Waals surface area contributed by atoms with Crippen LogP contribution in [-0.2, 0) is 0 Å². The van der Waals surface area contributed by atoms with Crippen molar-refractivity contribution < 1.29 is 0 Å². The van der Waals surface area contributed by atoms with Crippen LogP contribution in [0, 0.1) is 0 Å². The van der Waals surface area contributed by atoms with Crippen LogP contribution in [0.3, 0.4) is 0 Å².